The van der Waals surface area contributed by atoms with Crippen LogP contribution in [0.4, 0.5) is 0 Å². The average molecular weight is 300 g/mol. The molecule has 3 N–H and O–H groups in total. The summed E-state index contributed by atoms with van der Waals surface area (Å²) in [6.45, 7) is 13.4. The van der Waals surface area contributed by atoms with Crippen LogP contribution in [0.15, 0.2) is 0 Å². The number of hydrogen-bond donors (Lipinski definition) is 2. The Morgan fingerprint density at radius 2 is 1.52 bits per heavy atom. The zero-order valence-corrected chi connectivity index (χ0v) is 14.5. The van der Waals surface area contributed by atoms with Crippen molar-refractivity contribution in [1.82, 2.24) is 5.32 Å². The number of nitrogens with two attached hydrogens (primary N) is 1. The summed E-state index contributed by atoms with van der Waals surface area (Å²) in [5, 5.41) is 2.74. The Labute approximate surface area is 129 Å². The Hall–Kier alpha value is -1.10. The minimum absolute atomic E-state index is 0.268. The average Bonchev–Trinajstić information content (AvgIpc) is 2.23. The Bertz CT molecular complexity index is 346. The third-order valence-electron chi connectivity index (χ3n) is 2.78. The van der Waals surface area contributed by atoms with Crippen molar-refractivity contribution < 1.29 is 14.3 Å². The van der Waals surface area contributed by atoms with Crippen LogP contribution < -0.4 is 11.1 Å². The molecule has 0 aliphatic carbocycles. The van der Waals surface area contributed by atoms with Gasteiger partial charge in [-0.2, -0.15) is 0 Å². The number of esters is 1. The zero-order valence-electron chi connectivity index (χ0n) is 14.5. The van der Waals surface area contributed by atoms with Crippen molar-refractivity contribution in [2.24, 2.45) is 17.6 Å². The lowest BCUT2D eigenvalue weighted by Crippen LogP contribution is -2.50. The highest BCUT2D eigenvalue weighted by Gasteiger charge is 2.28. The monoisotopic (exact) mass is 300 g/mol. The molecule has 0 spiro atoms. The van der Waals surface area contributed by atoms with E-state index in [4.69, 9.17) is 10.5 Å². The van der Waals surface area contributed by atoms with Gasteiger partial charge in [0.05, 0.1) is 6.04 Å². The second-order valence-electron chi connectivity index (χ2n) is 7.46. The van der Waals surface area contributed by atoms with Crippen molar-refractivity contribution in [3.63, 3.8) is 0 Å². The fourth-order valence-corrected chi connectivity index (χ4v) is 1.95. The maximum Gasteiger partial charge on any atom is 0.329 e. The summed E-state index contributed by atoms with van der Waals surface area (Å²) >= 11 is 0. The molecule has 0 fully saturated rings. The lowest BCUT2D eigenvalue weighted by Gasteiger charge is -2.26. The first kappa shape index (κ1) is 19.9. The van der Waals surface area contributed by atoms with Crippen LogP contribution in [0.2, 0.25) is 0 Å². The van der Waals surface area contributed by atoms with Gasteiger partial charge in [0, 0.05) is 0 Å². The van der Waals surface area contributed by atoms with Crippen LogP contribution in [0.3, 0.4) is 0 Å². The molecule has 0 aliphatic heterocycles. The number of carbonyl (C=O) groups is 2. The van der Waals surface area contributed by atoms with Crippen LogP contribution >= 0.6 is 0 Å². The third kappa shape index (κ3) is 9.45. The lowest BCUT2D eigenvalue weighted by atomic mass is 10.0. The van der Waals surface area contributed by atoms with E-state index in [1.807, 2.05) is 48.5 Å². The van der Waals surface area contributed by atoms with Crippen LogP contribution in [-0.2, 0) is 14.3 Å². The summed E-state index contributed by atoms with van der Waals surface area (Å²) in [7, 11) is 0. The third-order valence-corrected chi connectivity index (χ3v) is 2.78. The van der Waals surface area contributed by atoms with Crippen molar-refractivity contribution in [3.05, 3.63) is 0 Å². The maximum atomic E-state index is 12.2. The van der Waals surface area contributed by atoms with E-state index in [0.717, 1.165) is 0 Å². The summed E-state index contributed by atoms with van der Waals surface area (Å²) in [6.07, 6.45) is 1.13. The fraction of sp³-hybridized carbons (Fsp3) is 0.875. The minimum Gasteiger partial charge on any atom is -0.458 e. The van der Waals surface area contributed by atoms with E-state index in [0.29, 0.717) is 18.8 Å². The number of rotatable bonds is 7. The van der Waals surface area contributed by atoms with Gasteiger partial charge in [0.1, 0.15) is 11.6 Å². The molecule has 5 heteroatoms. The highest BCUT2D eigenvalue weighted by atomic mass is 16.6. The van der Waals surface area contributed by atoms with Gasteiger partial charge in [0.15, 0.2) is 0 Å². The summed E-state index contributed by atoms with van der Waals surface area (Å²) in [6, 6.07) is -1.24. The highest BCUT2D eigenvalue weighted by Crippen LogP contribution is 2.13. The number of nitrogens with one attached hydrogen (secondary N) is 1. The Balaban J connectivity index is 4.76. The van der Waals surface area contributed by atoms with Crippen LogP contribution in [0, 0.1) is 11.8 Å². The van der Waals surface area contributed by atoms with E-state index < -0.39 is 23.7 Å². The van der Waals surface area contributed by atoms with E-state index in [-0.39, 0.29) is 11.8 Å². The van der Waals surface area contributed by atoms with Gasteiger partial charge in [0.25, 0.3) is 0 Å². The molecule has 0 saturated carbocycles. The fourth-order valence-electron chi connectivity index (χ4n) is 1.95. The molecule has 0 aromatic rings. The quantitative estimate of drug-likeness (QED) is 0.706. The molecule has 2 unspecified atom stereocenters. The van der Waals surface area contributed by atoms with E-state index in [1.165, 1.54) is 0 Å². The normalized spacial score (nSPS) is 15.0. The zero-order chi connectivity index (χ0) is 16.8. The molecule has 0 aromatic heterocycles. The standard InChI is InChI=1S/C16H32N2O3/c1-10(2)8-12(17)14(19)18-13(9-11(3)4)15(20)21-16(5,6)7/h10-13H,8-9,17H2,1-7H3,(H,18,19). The van der Waals surface area contributed by atoms with Gasteiger partial charge in [-0.3, -0.25) is 4.79 Å². The molecule has 0 saturated heterocycles. The Morgan fingerprint density at radius 3 is 1.90 bits per heavy atom. The molecular weight excluding hydrogens is 268 g/mol. The number of hydrogen-bond acceptors (Lipinski definition) is 4. The van der Waals surface area contributed by atoms with Crippen LogP contribution in [-0.4, -0.2) is 29.6 Å². The second kappa shape index (κ2) is 8.37. The van der Waals surface area contributed by atoms with Crippen molar-refractivity contribution in [2.45, 2.75) is 79.0 Å². The first-order valence-electron chi connectivity index (χ1n) is 7.71. The van der Waals surface area contributed by atoms with Crippen molar-refractivity contribution in [1.29, 1.82) is 0 Å². The van der Waals surface area contributed by atoms with E-state index in [2.05, 4.69) is 5.32 Å². The molecule has 0 aromatic carbocycles. The van der Waals surface area contributed by atoms with Gasteiger partial charge in [-0.1, -0.05) is 27.7 Å². The molecule has 0 rings (SSSR count). The van der Waals surface area contributed by atoms with Gasteiger partial charge in [0.2, 0.25) is 5.91 Å². The van der Waals surface area contributed by atoms with Crippen LogP contribution in [0.5, 0.6) is 0 Å². The van der Waals surface area contributed by atoms with Gasteiger partial charge in [-0.15, -0.1) is 0 Å². The number of ether oxygens (including phenoxy) is 1. The lowest BCUT2D eigenvalue weighted by molar-refractivity contribution is -0.159. The molecule has 0 heterocycles. The number of amides is 1. The van der Waals surface area contributed by atoms with E-state index in [9.17, 15) is 9.59 Å². The largest absolute Gasteiger partial charge is 0.458 e. The summed E-state index contributed by atoms with van der Waals surface area (Å²) in [4.78, 5) is 24.3. The van der Waals surface area contributed by atoms with Gasteiger partial charge < -0.3 is 15.8 Å². The molecule has 21 heavy (non-hydrogen) atoms. The van der Waals surface area contributed by atoms with E-state index in [1.54, 1.807) is 0 Å². The van der Waals surface area contributed by atoms with E-state index >= 15 is 0 Å². The molecule has 1 amide bonds. The summed E-state index contributed by atoms with van der Waals surface area (Å²) in [5.74, 6) is -0.0959. The molecule has 0 bridgehead atoms. The van der Waals surface area contributed by atoms with Crippen molar-refractivity contribution in [2.75, 3.05) is 0 Å². The number of carbonyl (C=O) groups excluding carboxylic acids is 2. The highest BCUT2D eigenvalue weighted by molar-refractivity contribution is 5.87. The van der Waals surface area contributed by atoms with Crippen molar-refractivity contribution >= 4 is 11.9 Å². The molecule has 0 aliphatic rings. The molecule has 0 radical (unpaired) electrons. The van der Waals surface area contributed by atoms with Crippen LogP contribution in [0.1, 0.15) is 61.3 Å². The van der Waals surface area contributed by atoms with Crippen LogP contribution in [0.25, 0.3) is 0 Å². The Morgan fingerprint density at radius 1 is 1.05 bits per heavy atom. The molecule has 2 atom stereocenters. The maximum absolute atomic E-state index is 12.2. The second-order valence-corrected chi connectivity index (χ2v) is 7.46. The van der Waals surface area contributed by atoms with Gasteiger partial charge >= 0.3 is 5.97 Å². The van der Waals surface area contributed by atoms with Gasteiger partial charge in [-0.05, 0) is 45.4 Å². The first-order chi connectivity index (χ1) is 9.42. The van der Waals surface area contributed by atoms with Crippen molar-refractivity contribution in [3.8, 4) is 0 Å². The topological polar surface area (TPSA) is 81.4 Å². The van der Waals surface area contributed by atoms with Gasteiger partial charge in [-0.25, -0.2) is 4.79 Å². The summed E-state index contributed by atoms with van der Waals surface area (Å²) < 4.78 is 5.37. The predicted octanol–water partition coefficient (Wildman–Crippen LogP) is 2.23. The predicted molar refractivity (Wildman–Crippen MR) is 84.7 cm³/mol. The summed E-state index contributed by atoms with van der Waals surface area (Å²) in [5.41, 5.74) is 5.29. The molecule has 5 nitrogen and oxygen atoms in total. The SMILES string of the molecule is CC(C)CC(N)C(=O)NC(CC(C)C)C(=O)OC(C)(C)C. The molecular formula is C16H32N2O3. The first-order valence-corrected chi connectivity index (χ1v) is 7.71. The Kier molecular flexibility index (Phi) is 7.93. The molecule has 124 valence electrons. The minimum atomic E-state index is -0.644. The smallest absolute Gasteiger partial charge is 0.329 e.